The molecule has 0 aromatic heterocycles. The SMILES string of the molecule is C#CCC(I)C[Si](C)(C)C. The van der Waals surface area contributed by atoms with Gasteiger partial charge in [-0.25, -0.2) is 0 Å². The second-order valence-electron chi connectivity index (χ2n) is 3.77. The van der Waals surface area contributed by atoms with Gasteiger partial charge in [0.15, 0.2) is 0 Å². The third kappa shape index (κ3) is 6.62. The molecule has 0 nitrogen and oxygen atoms in total. The van der Waals surface area contributed by atoms with E-state index in [1.165, 1.54) is 6.04 Å². The molecule has 10 heavy (non-hydrogen) atoms. The zero-order chi connectivity index (χ0) is 8.20. The van der Waals surface area contributed by atoms with Crippen LogP contribution in [0.2, 0.25) is 25.7 Å². The van der Waals surface area contributed by atoms with Gasteiger partial charge >= 0.3 is 0 Å². The first-order chi connectivity index (χ1) is 4.45. The van der Waals surface area contributed by atoms with E-state index in [1.807, 2.05) is 0 Å². The topological polar surface area (TPSA) is 0 Å². The molecule has 0 aliphatic carbocycles. The fourth-order valence-corrected chi connectivity index (χ4v) is 6.56. The van der Waals surface area contributed by atoms with Crippen molar-refractivity contribution in [1.29, 1.82) is 0 Å². The van der Waals surface area contributed by atoms with Crippen LogP contribution in [0.25, 0.3) is 0 Å². The molecule has 0 aromatic carbocycles. The van der Waals surface area contributed by atoms with Crippen LogP contribution in [0.5, 0.6) is 0 Å². The van der Waals surface area contributed by atoms with Gasteiger partial charge in [-0.2, -0.15) is 0 Å². The molecule has 2 heteroatoms. The molecule has 0 bridgehead atoms. The van der Waals surface area contributed by atoms with Gasteiger partial charge < -0.3 is 0 Å². The Hall–Kier alpha value is 0.507. The molecular weight excluding hydrogens is 251 g/mol. The van der Waals surface area contributed by atoms with Crippen LogP contribution in [0.4, 0.5) is 0 Å². The maximum absolute atomic E-state index is 5.21. The van der Waals surface area contributed by atoms with Crippen molar-refractivity contribution in [2.45, 2.75) is 36.0 Å². The standard InChI is InChI=1S/C8H15ISi/c1-5-6-8(9)7-10(2,3)4/h1,8H,6-7H2,2-4H3. The minimum absolute atomic E-state index is 0.703. The summed E-state index contributed by atoms with van der Waals surface area (Å²) < 4.78 is 0.703. The van der Waals surface area contributed by atoms with Gasteiger partial charge in [-0.15, -0.1) is 12.3 Å². The van der Waals surface area contributed by atoms with Crippen LogP contribution < -0.4 is 0 Å². The van der Waals surface area contributed by atoms with E-state index in [2.05, 4.69) is 48.2 Å². The molecule has 0 saturated carbocycles. The summed E-state index contributed by atoms with van der Waals surface area (Å²) in [7, 11) is -0.861. The minimum atomic E-state index is -0.861. The third-order valence-electron chi connectivity index (χ3n) is 1.17. The number of rotatable bonds is 3. The van der Waals surface area contributed by atoms with Crippen molar-refractivity contribution in [1.82, 2.24) is 0 Å². The van der Waals surface area contributed by atoms with Crippen molar-refractivity contribution in [3.05, 3.63) is 0 Å². The Morgan fingerprint density at radius 1 is 1.50 bits per heavy atom. The summed E-state index contributed by atoms with van der Waals surface area (Å²) in [4.78, 5) is 0. The Kier molecular flexibility index (Phi) is 4.62. The number of hydrogen-bond donors (Lipinski definition) is 0. The highest BCUT2D eigenvalue weighted by Crippen LogP contribution is 2.19. The summed E-state index contributed by atoms with van der Waals surface area (Å²) in [6, 6.07) is 1.34. The van der Waals surface area contributed by atoms with Gasteiger partial charge in [0, 0.05) is 18.4 Å². The summed E-state index contributed by atoms with van der Waals surface area (Å²) in [6.45, 7) is 7.15. The lowest BCUT2D eigenvalue weighted by atomic mass is 10.4. The van der Waals surface area contributed by atoms with Gasteiger partial charge in [0.1, 0.15) is 0 Å². The molecule has 58 valence electrons. The number of halogens is 1. The number of hydrogen-bond acceptors (Lipinski definition) is 0. The molecule has 0 N–H and O–H groups in total. The molecule has 0 aromatic rings. The lowest BCUT2D eigenvalue weighted by molar-refractivity contribution is 1.02. The molecule has 0 aliphatic rings. The van der Waals surface area contributed by atoms with Gasteiger partial charge in [-0.1, -0.05) is 42.2 Å². The normalized spacial score (nSPS) is 14.3. The Labute approximate surface area is 78.9 Å². The van der Waals surface area contributed by atoms with Crippen LogP contribution >= 0.6 is 22.6 Å². The van der Waals surface area contributed by atoms with Crippen molar-refractivity contribution in [3.8, 4) is 12.3 Å². The monoisotopic (exact) mass is 266 g/mol. The Morgan fingerprint density at radius 3 is 2.30 bits per heavy atom. The Bertz CT molecular complexity index is 129. The molecule has 0 aliphatic heterocycles. The van der Waals surface area contributed by atoms with Crippen LogP contribution in [0, 0.1) is 12.3 Å². The number of terminal acetylenes is 1. The highest BCUT2D eigenvalue weighted by Gasteiger charge is 2.17. The highest BCUT2D eigenvalue weighted by molar-refractivity contribution is 14.1. The predicted molar refractivity (Wildman–Crippen MR) is 59.4 cm³/mol. The summed E-state index contributed by atoms with van der Waals surface area (Å²) in [5.74, 6) is 2.70. The van der Waals surface area contributed by atoms with E-state index < -0.39 is 8.07 Å². The van der Waals surface area contributed by atoms with Crippen LogP contribution in [0.1, 0.15) is 6.42 Å². The highest BCUT2D eigenvalue weighted by atomic mass is 127. The first kappa shape index (κ1) is 10.5. The van der Waals surface area contributed by atoms with Crippen LogP contribution in [0.3, 0.4) is 0 Å². The predicted octanol–water partition coefficient (Wildman–Crippen LogP) is 3.15. The van der Waals surface area contributed by atoms with E-state index in [0.29, 0.717) is 3.92 Å². The largest absolute Gasteiger partial charge is 0.120 e. The number of alkyl halides is 1. The molecule has 1 unspecified atom stereocenters. The lowest BCUT2D eigenvalue weighted by Gasteiger charge is -2.18. The zero-order valence-electron chi connectivity index (χ0n) is 6.95. The average Bonchev–Trinajstić information content (AvgIpc) is 1.59. The van der Waals surface area contributed by atoms with E-state index in [1.54, 1.807) is 0 Å². The third-order valence-corrected chi connectivity index (χ3v) is 4.60. The first-order valence-corrected chi connectivity index (χ1v) is 8.48. The molecule has 0 rings (SSSR count). The fraction of sp³-hybridized carbons (Fsp3) is 0.750. The molecular formula is C8H15ISi. The summed E-state index contributed by atoms with van der Waals surface area (Å²) >= 11 is 2.46. The van der Waals surface area contributed by atoms with Crippen molar-refractivity contribution >= 4 is 30.7 Å². The van der Waals surface area contributed by atoms with Gasteiger partial charge in [-0.3, -0.25) is 0 Å². The van der Waals surface area contributed by atoms with E-state index >= 15 is 0 Å². The average molecular weight is 266 g/mol. The lowest BCUT2D eigenvalue weighted by Crippen LogP contribution is -2.23. The summed E-state index contributed by atoms with van der Waals surface area (Å²) in [6.07, 6.45) is 6.14. The maximum Gasteiger partial charge on any atom is 0.0453 e. The molecule has 0 spiro atoms. The second-order valence-corrected chi connectivity index (χ2v) is 11.1. The van der Waals surface area contributed by atoms with Gasteiger partial charge in [0.25, 0.3) is 0 Å². The quantitative estimate of drug-likeness (QED) is 0.318. The van der Waals surface area contributed by atoms with Crippen molar-refractivity contribution in [3.63, 3.8) is 0 Å². The molecule has 0 fully saturated rings. The van der Waals surface area contributed by atoms with Crippen molar-refractivity contribution in [2.75, 3.05) is 0 Å². The maximum atomic E-state index is 5.21. The van der Waals surface area contributed by atoms with E-state index in [0.717, 1.165) is 6.42 Å². The molecule has 0 radical (unpaired) electrons. The van der Waals surface area contributed by atoms with E-state index in [9.17, 15) is 0 Å². The molecule has 0 heterocycles. The minimum Gasteiger partial charge on any atom is -0.120 e. The van der Waals surface area contributed by atoms with Gasteiger partial charge in [-0.05, 0) is 6.04 Å². The van der Waals surface area contributed by atoms with Gasteiger partial charge in [0.05, 0.1) is 0 Å². The van der Waals surface area contributed by atoms with Gasteiger partial charge in [0.2, 0.25) is 0 Å². The second kappa shape index (κ2) is 4.40. The Balaban J connectivity index is 3.60. The van der Waals surface area contributed by atoms with E-state index in [4.69, 9.17) is 6.42 Å². The molecule has 1 atom stereocenters. The Morgan fingerprint density at radius 2 is 2.00 bits per heavy atom. The van der Waals surface area contributed by atoms with Crippen LogP contribution in [-0.2, 0) is 0 Å². The van der Waals surface area contributed by atoms with E-state index in [-0.39, 0.29) is 0 Å². The van der Waals surface area contributed by atoms with Crippen LogP contribution in [-0.4, -0.2) is 12.0 Å². The fourth-order valence-electron chi connectivity index (χ4n) is 0.865. The van der Waals surface area contributed by atoms with Crippen LogP contribution in [0.15, 0.2) is 0 Å². The van der Waals surface area contributed by atoms with Crippen molar-refractivity contribution < 1.29 is 0 Å². The zero-order valence-corrected chi connectivity index (χ0v) is 10.1. The summed E-state index contributed by atoms with van der Waals surface area (Å²) in [5.41, 5.74) is 0. The molecule has 0 amide bonds. The first-order valence-electron chi connectivity index (χ1n) is 3.53. The summed E-state index contributed by atoms with van der Waals surface area (Å²) in [5, 5.41) is 0. The smallest absolute Gasteiger partial charge is 0.0453 e. The van der Waals surface area contributed by atoms with Crippen molar-refractivity contribution in [2.24, 2.45) is 0 Å². The molecule has 0 saturated heterocycles.